The molecular weight excluding hydrogens is 260 g/mol. The standard InChI is InChI=1S/C15H24O5/c1-10(2)7-6-8-15(9-11(16)17)12(18)19-13(20-15)14(3,4)5/h6-7,10,13H,8-9H2,1-5H3,(H,16,17)/b7-6+/t13-,15+/m0/s1. The number of esters is 1. The number of allylic oxidation sites excluding steroid dienone is 1. The van der Waals surface area contributed by atoms with Crippen LogP contribution in [-0.4, -0.2) is 28.9 Å². The lowest BCUT2D eigenvalue weighted by molar-refractivity contribution is -0.159. The fraction of sp³-hybridized carbons (Fsp3) is 0.733. The summed E-state index contributed by atoms with van der Waals surface area (Å²) in [6.07, 6.45) is 2.82. The number of aliphatic carboxylic acids is 1. The van der Waals surface area contributed by atoms with Crippen LogP contribution in [0.2, 0.25) is 0 Å². The quantitative estimate of drug-likeness (QED) is 0.620. The molecule has 1 fully saturated rings. The molecule has 0 aromatic carbocycles. The molecule has 0 saturated carbocycles. The molecule has 0 aromatic heterocycles. The van der Waals surface area contributed by atoms with Crippen molar-refractivity contribution in [3.8, 4) is 0 Å². The van der Waals surface area contributed by atoms with Crippen LogP contribution in [0.25, 0.3) is 0 Å². The first kappa shape index (κ1) is 16.7. The largest absolute Gasteiger partial charge is 0.481 e. The van der Waals surface area contributed by atoms with Gasteiger partial charge in [-0.05, 0) is 5.92 Å². The third kappa shape index (κ3) is 4.07. The van der Waals surface area contributed by atoms with Gasteiger partial charge in [0.2, 0.25) is 6.29 Å². The van der Waals surface area contributed by atoms with Gasteiger partial charge >= 0.3 is 11.9 Å². The van der Waals surface area contributed by atoms with E-state index in [9.17, 15) is 9.59 Å². The average Bonchev–Trinajstić information content (AvgIpc) is 2.54. The van der Waals surface area contributed by atoms with Crippen LogP contribution in [0.1, 0.15) is 47.5 Å². The van der Waals surface area contributed by atoms with Crippen molar-refractivity contribution in [3.05, 3.63) is 12.2 Å². The minimum Gasteiger partial charge on any atom is -0.481 e. The summed E-state index contributed by atoms with van der Waals surface area (Å²) in [4.78, 5) is 23.2. The van der Waals surface area contributed by atoms with Gasteiger partial charge in [0.25, 0.3) is 0 Å². The summed E-state index contributed by atoms with van der Waals surface area (Å²) >= 11 is 0. The lowest BCUT2D eigenvalue weighted by atomic mass is 9.93. The molecule has 5 heteroatoms. The van der Waals surface area contributed by atoms with Crippen molar-refractivity contribution in [2.45, 2.75) is 59.4 Å². The van der Waals surface area contributed by atoms with Gasteiger partial charge in [-0.25, -0.2) is 4.79 Å². The van der Waals surface area contributed by atoms with Crippen LogP contribution in [0.5, 0.6) is 0 Å². The highest BCUT2D eigenvalue weighted by molar-refractivity contribution is 5.86. The maximum absolute atomic E-state index is 12.1. The average molecular weight is 284 g/mol. The zero-order valence-electron chi connectivity index (χ0n) is 12.8. The van der Waals surface area contributed by atoms with E-state index in [1.165, 1.54) is 0 Å². The molecule has 114 valence electrons. The zero-order chi connectivity index (χ0) is 15.6. The molecule has 0 aliphatic carbocycles. The van der Waals surface area contributed by atoms with Crippen molar-refractivity contribution in [1.82, 2.24) is 0 Å². The fourth-order valence-corrected chi connectivity index (χ4v) is 1.93. The molecule has 1 rings (SSSR count). The lowest BCUT2D eigenvalue weighted by Crippen LogP contribution is -2.39. The number of cyclic esters (lactones) is 1. The monoisotopic (exact) mass is 284 g/mol. The van der Waals surface area contributed by atoms with Gasteiger partial charge < -0.3 is 14.6 Å². The highest BCUT2D eigenvalue weighted by Crippen LogP contribution is 2.38. The Labute approximate surface area is 119 Å². The van der Waals surface area contributed by atoms with Gasteiger partial charge in [0.15, 0.2) is 5.60 Å². The molecule has 1 N–H and O–H groups in total. The summed E-state index contributed by atoms with van der Waals surface area (Å²) in [5.41, 5.74) is -1.80. The summed E-state index contributed by atoms with van der Waals surface area (Å²) in [6, 6.07) is 0. The summed E-state index contributed by atoms with van der Waals surface area (Å²) in [7, 11) is 0. The number of rotatable bonds is 5. The number of carbonyl (C=O) groups excluding carboxylic acids is 1. The number of hydrogen-bond acceptors (Lipinski definition) is 4. The maximum Gasteiger partial charge on any atom is 0.341 e. The molecule has 1 saturated heterocycles. The second-order valence-corrected chi connectivity index (χ2v) is 6.66. The topological polar surface area (TPSA) is 72.8 Å². The number of carboxylic acids is 1. The summed E-state index contributed by atoms with van der Waals surface area (Å²) in [6.45, 7) is 9.65. The first-order valence-corrected chi connectivity index (χ1v) is 6.84. The molecule has 1 aliphatic rings. The first-order chi connectivity index (χ1) is 9.07. The Hall–Kier alpha value is -1.36. The van der Waals surface area contributed by atoms with E-state index in [0.29, 0.717) is 5.92 Å². The number of carboxylic acid groups (broad SMARTS) is 1. The van der Waals surface area contributed by atoms with E-state index in [1.54, 1.807) is 6.08 Å². The van der Waals surface area contributed by atoms with E-state index in [1.807, 2.05) is 40.7 Å². The highest BCUT2D eigenvalue weighted by atomic mass is 16.8. The van der Waals surface area contributed by atoms with E-state index in [-0.39, 0.29) is 12.8 Å². The van der Waals surface area contributed by atoms with Crippen molar-refractivity contribution in [1.29, 1.82) is 0 Å². The van der Waals surface area contributed by atoms with Crippen molar-refractivity contribution in [3.63, 3.8) is 0 Å². The van der Waals surface area contributed by atoms with Crippen LogP contribution in [0.4, 0.5) is 0 Å². The fourth-order valence-electron chi connectivity index (χ4n) is 1.93. The SMILES string of the molecule is CC(C)/C=C/C[C@]1(CC(=O)O)O[C@@H](C(C)(C)C)OC1=O. The molecule has 2 atom stereocenters. The van der Waals surface area contributed by atoms with Gasteiger partial charge in [0, 0.05) is 11.8 Å². The van der Waals surface area contributed by atoms with Crippen LogP contribution in [0.3, 0.4) is 0 Å². The van der Waals surface area contributed by atoms with Gasteiger partial charge in [-0.2, -0.15) is 0 Å². The number of ether oxygens (including phenoxy) is 2. The zero-order valence-corrected chi connectivity index (χ0v) is 12.8. The van der Waals surface area contributed by atoms with Crippen LogP contribution in [0, 0.1) is 11.3 Å². The van der Waals surface area contributed by atoms with Gasteiger partial charge in [-0.15, -0.1) is 0 Å². The number of hydrogen-bond donors (Lipinski definition) is 1. The van der Waals surface area contributed by atoms with E-state index >= 15 is 0 Å². The molecule has 0 aromatic rings. The third-order valence-corrected chi connectivity index (χ3v) is 3.03. The molecule has 0 spiro atoms. The number of carbonyl (C=O) groups is 2. The first-order valence-electron chi connectivity index (χ1n) is 6.84. The Balaban J connectivity index is 2.95. The molecule has 5 nitrogen and oxygen atoms in total. The summed E-state index contributed by atoms with van der Waals surface area (Å²) in [5, 5.41) is 9.04. The highest BCUT2D eigenvalue weighted by Gasteiger charge is 2.53. The van der Waals surface area contributed by atoms with E-state index < -0.39 is 29.2 Å². The predicted molar refractivity (Wildman–Crippen MR) is 74.0 cm³/mol. The molecule has 0 bridgehead atoms. The van der Waals surface area contributed by atoms with Crippen molar-refractivity contribution >= 4 is 11.9 Å². The Morgan fingerprint density at radius 3 is 2.45 bits per heavy atom. The van der Waals surface area contributed by atoms with Crippen molar-refractivity contribution in [2.75, 3.05) is 0 Å². The molecule has 0 unspecified atom stereocenters. The van der Waals surface area contributed by atoms with Gasteiger partial charge in [0.05, 0.1) is 6.42 Å². The summed E-state index contributed by atoms with van der Waals surface area (Å²) in [5.74, 6) is -1.34. The second kappa shape index (κ2) is 5.95. The van der Waals surface area contributed by atoms with E-state index in [4.69, 9.17) is 14.6 Å². The molecule has 20 heavy (non-hydrogen) atoms. The van der Waals surface area contributed by atoms with Crippen LogP contribution < -0.4 is 0 Å². The normalized spacial score (nSPS) is 27.3. The smallest absolute Gasteiger partial charge is 0.341 e. The molecule has 0 radical (unpaired) electrons. The molecular formula is C15H24O5. The Kier molecular flexibility index (Phi) is 4.97. The third-order valence-electron chi connectivity index (χ3n) is 3.03. The predicted octanol–water partition coefficient (Wildman–Crippen LogP) is 2.75. The Bertz CT molecular complexity index is 405. The second-order valence-electron chi connectivity index (χ2n) is 6.66. The van der Waals surface area contributed by atoms with Crippen molar-refractivity contribution in [2.24, 2.45) is 11.3 Å². The van der Waals surface area contributed by atoms with Gasteiger partial charge in [-0.1, -0.05) is 46.8 Å². The molecule has 1 aliphatic heterocycles. The Morgan fingerprint density at radius 1 is 1.45 bits per heavy atom. The van der Waals surface area contributed by atoms with Gasteiger partial charge in [-0.3, -0.25) is 4.79 Å². The Morgan fingerprint density at radius 2 is 2.05 bits per heavy atom. The van der Waals surface area contributed by atoms with Crippen LogP contribution in [0.15, 0.2) is 12.2 Å². The molecule has 0 amide bonds. The van der Waals surface area contributed by atoms with Crippen LogP contribution in [-0.2, 0) is 19.1 Å². The molecule has 1 heterocycles. The minimum atomic E-state index is -1.41. The van der Waals surface area contributed by atoms with Gasteiger partial charge in [0.1, 0.15) is 0 Å². The maximum atomic E-state index is 12.1. The summed E-state index contributed by atoms with van der Waals surface area (Å²) < 4.78 is 11.0. The van der Waals surface area contributed by atoms with E-state index in [2.05, 4.69) is 0 Å². The van der Waals surface area contributed by atoms with Crippen LogP contribution >= 0.6 is 0 Å². The van der Waals surface area contributed by atoms with E-state index in [0.717, 1.165) is 0 Å². The van der Waals surface area contributed by atoms with Crippen molar-refractivity contribution < 1.29 is 24.2 Å². The minimum absolute atomic E-state index is 0.211. The lowest BCUT2D eigenvalue weighted by Gasteiger charge is -2.27.